The lowest BCUT2D eigenvalue weighted by molar-refractivity contribution is -0.123. The van der Waals surface area contributed by atoms with Gasteiger partial charge in [-0.25, -0.2) is 0 Å². The minimum Gasteiger partial charge on any atom is -0.493 e. The maximum atomic E-state index is 12.0. The number of benzene rings is 2. The number of ether oxygens (including phenoxy) is 3. The van der Waals surface area contributed by atoms with Gasteiger partial charge in [0.25, 0.3) is 5.91 Å². The second-order valence-electron chi connectivity index (χ2n) is 4.83. The van der Waals surface area contributed by atoms with E-state index in [0.29, 0.717) is 22.8 Å². The van der Waals surface area contributed by atoms with Gasteiger partial charge in [0.2, 0.25) is 0 Å². The van der Waals surface area contributed by atoms with Crippen molar-refractivity contribution < 1.29 is 19.0 Å². The zero-order valence-corrected chi connectivity index (χ0v) is 13.5. The van der Waals surface area contributed by atoms with E-state index >= 15 is 0 Å². The van der Waals surface area contributed by atoms with Crippen LogP contribution in [0, 0.1) is 11.3 Å². The Morgan fingerprint density at radius 3 is 2.54 bits per heavy atom. The van der Waals surface area contributed by atoms with Gasteiger partial charge in [0.15, 0.2) is 18.1 Å². The summed E-state index contributed by atoms with van der Waals surface area (Å²) in [7, 11) is 3.10. The van der Waals surface area contributed by atoms with Crippen LogP contribution in [0.1, 0.15) is 11.1 Å². The van der Waals surface area contributed by atoms with Crippen LogP contribution in [0.15, 0.2) is 42.5 Å². The number of carbonyl (C=O) groups is 1. The van der Waals surface area contributed by atoms with Crippen LogP contribution in [0.4, 0.5) is 0 Å². The molecular weight excluding hydrogens is 308 g/mol. The molecule has 0 fully saturated rings. The van der Waals surface area contributed by atoms with Gasteiger partial charge in [0, 0.05) is 12.1 Å². The van der Waals surface area contributed by atoms with E-state index in [4.69, 9.17) is 19.5 Å². The lowest BCUT2D eigenvalue weighted by Crippen LogP contribution is -2.28. The largest absolute Gasteiger partial charge is 0.493 e. The van der Waals surface area contributed by atoms with E-state index in [9.17, 15) is 4.79 Å². The Bertz CT molecular complexity index is 753. The van der Waals surface area contributed by atoms with Crippen LogP contribution in [-0.4, -0.2) is 26.7 Å². The highest BCUT2D eigenvalue weighted by atomic mass is 16.5. The summed E-state index contributed by atoms with van der Waals surface area (Å²) in [5, 5.41) is 11.7. The molecule has 0 radical (unpaired) electrons. The molecule has 0 aliphatic carbocycles. The fourth-order valence-corrected chi connectivity index (χ4v) is 2.17. The van der Waals surface area contributed by atoms with Gasteiger partial charge in [-0.2, -0.15) is 5.26 Å². The maximum Gasteiger partial charge on any atom is 0.258 e. The van der Waals surface area contributed by atoms with Crippen molar-refractivity contribution >= 4 is 5.91 Å². The summed E-state index contributed by atoms with van der Waals surface area (Å²) in [5.74, 6) is 1.27. The summed E-state index contributed by atoms with van der Waals surface area (Å²) in [5.41, 5.74) is 1.18. The molecule has 0 aliphatic rings. The molecule has 0 heterocycles. The molecule has 1 amide bonds. The SMILES string of the molecule is COc1cccc(CNC(=O)COc2ccccc2C#N)c1OC. The molecule has 0 saturated heterocycles. The van der Waals surface area contributed by atoms with Gasteiger partial charge >= 0.3 is 0 Å². The highest BCUT2D eigenvalue weighted by molar-refractivity contribution is 5.77. The van der Waals surface area contributed by atoms with Gasteiger partial charge in [-0.3, -0.25) is 4.79 Å². The third-order valence-electron chi connectivity index (χ3n) is 3.33. The van der Waals surface area contributed by atoms with Gasteiger partial charge in [0.05, 0.1) is 19.8 Å². The van der Waals surface area contributed by atoms with Gasteiger partial charge in [-0.15, -0.1) is 0 Å². The van der Waals surface area contributed by atoms with Crippen molar-refractivity contribution in [2.75, 3.05) is 20.8 Å². The summed E-state index contributed by atoms with van der Waals surface area (Å²) >= 11 is 0. The molecule has 0 unspecified atom stereocenters. The van der Waals surface area contributed by atoms with Crippen molar-refractivity contribution in [3.63, 3.8) is 0 Å². The fraction of sp³-hybridized carbons (Fsp3) is 0.222. The molecule has 0 atom stereocenters. The average molecular weight is 326 g/mol. The highest BCUT2D eigenvalue weighted by Crippen LogP contribution is 2.30. The van der Waals surface area contributed by atoms with Crippen molar-refractivity contribution in [2.45, 2.75) is 6.54 Å². The van der Waals surface area contributed by atoms with Crippen molar-refractivity contribution in [3.05, 3.63) is 53.6 Å². The lowest BCUT2D eigenvalue weighted by atomic mass is 10.2. The Balaban J connectivity index is 1.93. The Kier molecular flexibility index (Phi) is 6.03. The Morgan fingerprint density at radius 2 is 1.83 bits per heavy atom. The number of amides is 1. The van der Waals surface area contributed by atoms with E-state index in [1.165, 1.54) is 0 Å². The number of para-hydroxylation sites is 2. The highest BCUT2D eigenvalue weighted by Gasteiger charge is 2.11. The molecule has 0 bridgehead atoms. The Hall–Kier alpha value is -3.20. The van der Waals surface area contributed by atoms with E-state index in [-0.39, 0.29) is 19.1 Å². The molecule has 24 heavy (non-hydrogen) atoms. The molecule has 6 heteroatoms. The summed E-state index contributed by atoms with van der Waals surface area (Å²) in [6.07, 6.45) is 0. The quantitative estimate of drug-likeness (QED) is 0.844. The topological polar surface area (TPSA) is 80.6 Å². The maximum absolute atomic E-state index is 12.0. The number of methoxy groups -OCH3 is 2. The molecule has 0 aromatic heterocycles. The Labute approximate surface area is 140 Å². The Morgan fingerprint density at radius 1 is 1.08 bits per heavy atom. The third-order valence-corrected chi connectivity index (χ3v) is 3.33. The zero-order valence-electron chi connectivity index (χ0n) is 13.5. The number of nitrogens with zero attached hydrogens (tertiary/aromatic N) is 1. The van der Waals surface area contributed by atoms with Crippen LogP contribution < -0.4 is 19.5 Å². The van der Waals surface area contributed by atoms with E-state index < -0.39 is 0 Å². The molecule has 1 N–H and O–H groups in total. The van der Waals surface area contributed by atoms with Crippen LogP contribution in [0.5, 0.6) is 17.2 Å². The normalized spacial score (nSPS) is 9.71. The first-order valence-corrected chi connectivity index (χ1v) is 7.28. The minimum atomic E-state index is -0.299. The minimum absolute atomic E-state index is 0.176. The number of hydrogen-bond acceptors (Lipinski definition) is 5. The molecule has 0 spiro atoms. The lowest BCUT2D eigenvalue weighted by Gasteiger charge is -2.13. The standard InChI is InChI=1S/C18H18N2O4/c1-22-16-9-5-7-14(18(16)23-2)11-20-17(21)12-24-15-8-4-3-6-13(15)10-19/h3-9H,11-12H2,1-2H3,(H,20,21). The molecular formula is C18H18N2O4. The van der Waals surface area contributed by atoms with Crippen LogP contribution >= 0.6 is 0 Å². The number of nitrogens with one attached hydrogen (secondary N) is 1. The van der Waals surface area contributed by atoms with Crippen molar-refractivity contribution in [1.29, 1.82) is 5.26 Å². The predicted octanol–water partition coefficient (Wildman–Crippen LogP) is 2.27. The molecule has 6 nitrogen and oxygen atoms in total. The summed E-state index contributed by atoms with van der Waals surface area (Å²) in [6, 6.07) is 14.2. The molecule has 124 valence electrons. The molecule has 0 saturated carbocycles. The predicted molar refractivity (Wildman–Crippen MR) is 88.0 cm³/mol. The van der Waals surface area contributed by atoms with Crippen molar-refractivity contribution in [1.82, 2.24) is 5.32 Å². The monoisotopic (exact) mass is 326 g/mol. The summed E-state index contributed by atoms with van der Waals surface area (Å²) < 4.78 is 15.9. The number of carbonyl (C=O) groups excluding carboxylic acids is 1. The van der Waals surface area contributed by atoms with Crippen molar-refractivity contribution in [3.8, 4) is 23.3 Å². The van der Waals surface area contributed by atoms with E-state index in [2.05, 4.69) is 5.32 Å². The smallest absolute Gasteiger partial charge is 0.258 e. The molecule has 2 aromatic rings. The van der Waals surface area contributed by atoms with E-state index in [0.717, 1.165) is 5.56 Å². The number of hydrogen-bond donors (Lipinski definition) is 1. The number of rotatable bonds is 7. The van der Waals surface area contributed by atoms with Crippen LogP contribution in [-0.2, 0) is 11.3 Å². The first-order chi connectivity index (χ1) is 11.7. The van der Waals surface area contributed by atoms with Crippen LogP contribution in [0.2, 0.25) is 0 Å². The average Bonchev–Trinajstić information content (AvgIpc) is 2.64. The van der Waals surface area contributed by atoms with Gasteiger partial charge < -0.3 is 19.5 Å². The zero-order chi connectivity index (χ0) is 17.4. The van der Waals surface area contributed by atoms with Gasteiger partial charge in [-0.1, -0.05) is 24.3 Å². The molecule has 2 rings (SSSR count). The van der Waals surface area contributed by atoms with Gasteiger partial charge in [0.1, 0.15) is 11.8 Å². The van der Waals surface area contributed by atoms with E-state index in [1.54, 1.807) is 44.6 Å². The first-order valence-electron chi connectivity index (χ1n) is 7.28. The van der Waals surface area contributed by atoms with Crippen LogP contribution in [0.25, 0.3) is 0 Å². The van der Waals surface area contributed by atoms with Crippen molar-refractivity contribution in [2.24, 2.45) is 0 Å². The third kappa shape index (κ3) is 4.17. The number of nitriles is 1. The van der Waals surface area contributed by atoms with E-state index in [1.807, 2.05) is 18.2 Å². The fourth-order valence-electron chi connectivity index (χ4n) is 2.17. The summed E-state index contributed by atoms with van der Waals surface area (Å²) in [4.78, 5) is 12.0. The second-order valence-corrected chi connectivity index (χ2v) is 4.83. The summed E-state index contributed by atoms with van der Waals surface area (Å²) in [6.45, 7) is 0.105. The molecule has 0 aliphatic heterocycles. The van der Waals surface area contributed by atoms with Gasteiger partial charge in [-0.05, 0) is 18.2 Å². The molecule has 2 aromatic carbocycles. The van der Waals surface area contributed by atoms with Crippen LogP contribution in [0.3, 0.4) is 0 Å². The first kappa shape index (κ1) is 17.2. The second kappa shape index (κ2) is 8.44.